The van der Waals surface area contributed by atoms with Crippen LogP contribution >= 0.6 is 11.3 Å². The lowest BCUT2D eigenvalue weighted by molar-refractivity contribution is 0.443. The number of nitrogens with one attached hydrogen (secondary N) is 1. The van der Waals surface area contributed by atoms with Crippen molar-refractivity contribution in [1.82, 2.24) is 4.98 Å². The van der Waals surface area contributed by atoms with E-state index in [1.807, 2.05) is 5.38 Å². The Morgan fingerprint density at radius 3 is 2.39 bits per heavy atom. The normalized spacial score (nSPS) is 16.9. The maximum atomic E-state index is 11.1. The summed E-state index contributed by atoms with van der Waals surface area (Å²) in [6.07, 6.45) is 6.78. The Morgan fingerprint density at radius 1 is 1.06 bits per heavy atom. The van der Waals surface area contributed by atoms with E-state index in [4.69, 9.17) is 0 Å². The average molecular weight is 259 g/mol. The molecule has 94 valence electrons. The molecular formula is C15H17NOS. The van der Waals surface area contributed by atoms with Crippen molar-refractivity contribution in [3.05, 3.63) is 44.9 Å². The van der Waals surface area contributed by atoms with Crippen LogP contribution in [0, 0.1) is 0 Å². The fourth-order valence-corrected chi connectivity index (χ4v) is 3.38. The third kappa shape index (κ3) is 2.41. The van der Waals surface area contributed by atoms with E-state index in [0.717, 1.165) is 17.2 Å². The van der Waals surface area contributed by atoms with Crippen LogP contribution in [0.3, 0.4) is 0 Å². The van der Waals surface area contributed by atoms with Gasteiger partial charge in [0.1, 0.15) is 0 Å². The van der Waals surface area contributed by atoms with Crippen molar-refractivity contribution in [3.63, 3.8) is 0 Å². The lowest BCUT2D eigenvalue weighted by atomic mass is 9.84. The van der Waals surface area contributed by atoms with Crippen molar-refractivity contribution in [2.24, 2.45) is 0 Å². The van der Waals surface area contributed by atoms with Crippen LogP contribution in [0.25, 0.3) is 11.3 Å². The SMILES string of the molecule is O=c1[nH]c(-c2ccc(C3CCCCC3)cc2)cs1. The zero-order chi connectivity index (χ0) is 12.4. The highest BCUT2D eigenvalue weighted by Gasteiger charge is 2.15. The van der Waals surface area contributed by atoms with Gasteiger partial charge in [-0.15, -0.1) is 0 Å². The van der Waals surface area contributed by atoms with Crippen molar-refractivity contribution in [3.8, 4) is 11.3 Å². The number of benzene rings is 1. The molecule has 1 aliphatic rings. The smallest absolute Gasteiger partial charge is 0.304 e. The molecule has 1 aromatic heterocycles. The van der Waals surface area contributed by atoms with Crippen molar-refractivity contribution in [2.75, 3.05) is 0 Å². The van der Waals surface area contributed by atoms with E-state index in [1.54, 1.807) is 0 Å². The predicted octanol–water partition coefficient (Wildman–Crippen LogP) is 4.15. The second kappa shape index (κ2) is 5.11. The van der Waals surface area contributed by atoms with Crippen LogP contribution in [0.1, 0.15) is 43.6 Å². The Bertz CT molecular complexity index is 561. The fourth-order valence-electron chi connectivity index (χ4n) is 2.79. The Kier molecular flexibility index (Phi) is 3.33. The van der Waals surface area contributed by atoms with Crippen LogP contribution in [0.15, 0.2) is 34.4 Å². The molecule has 18 heavy (non-hydrogen) atoms. The van der Waals surface area contributed by atoms with Crippen LogP contribution in [0.2, 0.25) is 0 Å². The summed E-state index contributed by atoms with van der Waals surface area (Å²) in [7, 11) is 0. The molecule has 0 atom stereocenters. The van der Waals surface area contributed by atoms with E-state index >= 15 is 0 Å². The minimum atomic E-state index is 0.0151. The molecule has 1 aromatic carbocycles. The molecule has 2 aromatic rings. The minimum Gasteiger partial charge on any atom is -0.312 e. The molecular weight excluding hydrogens is 242 g/mol. The van der Waals surface area contributed by atoms with Crippen LogP contribution in [-0.2, 0) is 0 Å². The number of hydrogen-bond donors (Lipinski definition) is 1. The molecule has 1 fully saturated rings. The van der Waals surface area contributed by atoms with Gasteiger partial charge in [0.15, 0.2) is 0 Å². The Hall–Kier alpha value is -1.35. The molecule has 0 spiro atoms. The van der Waals surface area contributed by atoms with E-state index in [0.29, 0.717) is 0 Å². The molecule has 2 nitrogen and oxygen atoms in total. The molecule has 0 unspecified atom stereocenters. The molecule has 3 rings (SSSR count). The number of aromatic amines is 1. The van der Waals surface area contributed by atoms with Gasteiger partial charge in [-0.05, 0) is 29.9 Å². The largest absolute Gasteiger partial charge is 0.312 e. The van der Waals surface area contributed by atoms with E-state index in [9.17, 15) is 4.79 Å². The molecule has 0 aliphatic heterocycles. The van der Waals surface area contributed by atoms with Gasteiger partial charge in [-0.25, -0.2) is 0 Å². The third-order valence-electron chi connectivity index (χ3n) is 3.82. The van der Waals surface area contributed by atoms with Crippen LogP contribution < -0.4 is 4.87 Å². The minimum absolute atomic E-state index is 0.0151. The summed E-state index contributed by atoms with van der Waals surface area (Å²) in [5.41, 5.74) is 3.49. The Labute approximate surface area is 111 Å². The summed E-state index contributed by atoms with van der Waals surface area (Å²) in [6.45, 7) is 0. The maximum Gasteiger partial charge on any atom is 0.304 e. The van der Waals surface area contributed by atoms with Crippen LogP contribution in [-0.4, -0.2) is 4.98 Å². The highest BCUT2D eigenvalue weighted by atomic mass is 32.1. The number of aromatic nitrogens is 1. The first kappa shape index (κ1) is 11.7. The summed E-state index contributed by atoms with van der Waals surface area (Å²) in [5, 5.41) is 1.89. The molecule has 0 amide bonds. The molecule has 0 bridgehead atoms. The molecule has 0 saturated heterocycles. The number of thiazole rings is 1. The highest BCUT2D eigenvalue weighted by molar-refractivity contribution is 7.07. The van der Waals surface area contributed by atoms with Gasteiger partial charge in [0.25, 0.3) is 0 Å². The first-order valence-electron chi connectivity index (χ1n) is 6.61. The number of hydrogen-bond acceptors (Lipinski definition) is 2. The third-order valence-corrected chi connectivity index (χ3v) is 4.49. The summed E-state index contributed by atoms with van der Waals surface area (Å²) in [5.74, 6) is 0.745. The number of H-pyrrole nitrogens is 1. The van der Waals surface area contributed by atoms with Gasteiger partial charge in [0, 0.05) is 5.38 Å². The van der Waals surface area contributed by atoms with Crippen molar-refractivity contribution in [1.29, 1.82) is 0 Å². The number of rotatable bonds is 2. The zero-order valence-corrected chi connectivity index (χ0v) is 11.1. The first-order valence-corrected chi connectivity index (χ1v) is 7.49. The van der Waals surface area contributed by atoms with Crippen molar-refractivity contribution in [2.45, 2.75) is 38.0 Å². The molecule has 3 heteroatoms. The summed E-state index contributed by atoms with van der Waals surface area (Å²) in [4.78, 5) is 14.0. The molecule has 1 saturated carbocycles. The Morgan fingerprint density at radius 2 is 1.78 bits per heavy atom. The van der Waals surface area contributed by atoms with Gasteiger partial charge >= 0.3 is 4.87 Å². The van der Waals surface area contributed by atoms with E-state index in [2.05, 4.69) is 29.2 Å². The van der Waals surface area contributed by atoms with Gasteiger partial charge in [0.05, 0.1) is 5.69 Å². The Balaban J connectivity index is 1.82. The van der Waals surface area contributed by atoms with E-state index in [1.165, 1.54) is 49.0 Å². The van der Waals surface area contributed by atoms with Gasteiger partial charge in [-0.1, -0.05) is 54.9 Å². The monoisotopic (exact) mass is 259 g/mol. The first-order chi connectivity index (χ1) is 8.83. The topological polar surface area (TPSA) is 32.9 Å². The summed E-state index contributed by atoms with van der Waals surface area (Å²) in [6, 6.07) is 8.70. The lowest BCUT2D eigenvalue weighted by Crippen LogP contribution is -2.04. The molecule has 1 aliphatic carbocycles. The summed E-state index contributed by atoms with van der Waals surface area (Å²) < 4.78 is 0. The quantitative estimate of drug-likeness (QED) is 0.863. The average Bonchev–Trinajstić information content (AvgIpc) is 2.87. The van der Waals surface area contributed by atoms with Gasteiger partial charge in [-0.3, -0.25) is 4.79 Å². The molecule has 1 heterocycles. The molecule has 0 radical (unpaired) electrons. The predicted molar refractivity (Wildman–Crippen MR) is 76.2 cm³/mol. The summed E-state index contributed by atoms with van der Waals surface area (Å²) >= 11 is 1.22. The zero-order valence-electron chi connectivity index (χ0n) is 10.3. The van der Waals surface area contributed by atoms with Crippen molar-refractivity contribution >= 4 is 11.3 Å². The maximum absolute atomic E-state index is 11.1. The molecule has 1 N–H and O–H groups in total. The van der Waals surface area contributed by atoms with Gasteiger partial charge in [-0.2, -0.15) is 0 Å². The van der Waals surface area contributed by atoms with Gasteiger partial charge < -0.3 is 4.98 Å². The van der Waals surface area contributed by atoms with E-state index < -0.39 is 0 Å². The standard InChI is InChI=1S/C15H17NOS/c17-15-16-14(10-18-15)13-8-6-12(7-9-13)11-4-2-1-3-5-11/h6-11H,1-5H2,(H,16,17). The van der Waals surface area contributed by atoms with Crippen molar-refractivity contribution < 1.29 is 0 Å². The van der Waals surface area contributed by atoms with Gasteiger partial charge in [0.2, 0.25) is 0 Å². The fraction of sp³-hybridized carbons (Fsp3) is 0.400. The second-order valence-corrected chi connectivity index (χ2v) is 5.86. The van der Waals surface area contributed by atoms with E-state index in [-0.39, 0.29) is 4.87 Å². The second-order valence-electron chi connectivity index (χ2n) is 5.02. The highest BCUT2D eigenvalue weighted by Crippen LogP contribution is 2.33. The van der Waals surface area contributed by atoms with Crippen LogP contribution in [0.5, 0.6) is 0 Å². The lowest BCUT2D eigenvalue weighted by Gasteiger charge is -2.22. The van der Waals surface area contributed by atoms with Crippen LogP contribution in [0.4, 0.5) is 0 Å².